The number of likely N-dealkylation sites (tertiary alicyclic amines) is 1. The first-order valence-corrected chi connectivity index (χ1v) is 10.7. The number of aliphatic hydroxyl groups excluding tert-OH is 1. The molecule has 2 aromatic rings. The molecule has 1 aromatic carbocycles. The van der Waals surface area contributed by atoms with Gasteiger partial charge in [0.25, 0.3) is 5.91 Å². The monoisotopic (exact) mass is 438 g/mol. The molecule has 0 saturated carbocycles. The van der Waals surface area contributed by atoms with Gasteiger partial charge in [-0.3, -0.25) is 9.59 Å². The molecule has 0 radical (unpaired) electrons. The molecule has 1 fully saturated rings. The smallest absolute Gasteiger partial charge is 0.337 e. The van der Waals surface area contributed by atoms with E-state index in [4.69, 9.17) is 9.15 Å². The highest BCUT2D eigenvalue weighted by Gasteiger charge is 2.44. The van der Waals surface area contributed by atoms with Crippen molar-refractivity contribution in [3.8, 4) is 0 Å². The third-order valence-corrected chi connectivity index (χ3v) is 6.05. The Morgan fingerprint density at radius 2 is 1.81 bits per heavy atom. The number of benzene rings is 1. The second-order valence-corrected chi connectivity index (χ2v) is 7.99. The lowest BCUT2D eigenvalue weighted by atomic mass is 9.94. The second-order valence-electron chi connectivity index (χ2n) is 7.99. The van der Waals surface area contributed by atoms with Crippen LogP contribution in [0.25, 0.3) is 0 Å². The van der Waals surface area contributed by atoms with Crippen LogP contribution in [0.5, 0.6) is 0 Å². The molecule has 1 saturated heterocycles. The summed E-state index contributed by atoms with van der Waals surface area (Å²) in [6.07, 6.45) is 4.82. The van der Waals surface area contributed by atoms with Gasteiger partial charge in [0, 0.05) is 13.1 Å². The van der Waals surface area contributed by atoms with Crippen molar-refractivity contribution in [2.75, 3.05) is 33.3 Å². The van der Waals surface area contributed by atoms with Gasteiger partial charge in [0.2, 0.25) is 5.78 Å². The van der Waals surface area contributed by atoms with Crippen LogP contribution in [0.15, 0.2) is 58.4 Å². The minimum absolute atomic E-state index is 0.0191. The summed E-state index contributed by atoms with van der Waals surface area (Å²) in [6, 6.07) is 8.81. The van der Waals surface area contributed by atoms with E-state index in [1.54, 1.807) is 30.3 Å². The maximum Gasteiger partial charge on any atom is 0.337 e. The molecule has 168 valence electrons. The predicted molar refractivity (Wildman–Crippen MR) is 115 cm³/mol. The quantitative estimate of drug-likeness (QED) is 0.524. The number of ether oxygens (including phenoxy) is 1. The molecule has 2 aliphatic rings. The van der Waals surface area contributed by atoms with Gasteiger partial charge < -0.3 is 24.1 Å². The van der Waals surface area contributed by atoms with Gasteiger partial charge in [-0.2, -0.15) is 0 Å². The first-order chi connectivity index (χ1) is 15.5. The Bertz CT molecular complexity index is 1020. The van der Waals surface area contributed by atoms with E-state index in [1.165, 1.54) is 30.8 Å². The Kier molecular flexibility index (Phi) is 6.41. The fourth-order valence-corrected chi connectivity index (χ4v) is 4.35. The molecule has 1 unspecified atom stereocenters. The second kappa shape index (κ2) is 9.40. The van der Waals surface area contributed by atoms with E-state index in [-0.39, 0.29) is 11.3 Å². The Labute approximate surface area is 186 Å². The molecular formula is C24H26N2O6. The summed E-state index contributed by atoms with van der Waals surface area (Å²) >= 11 is 0. The van der Waals surface area contributed by atoms with E-state index in [9.17, 15) is 19.5 Å². The zero-order chi connectivity index (χ0) is 22.7. The summed E-state index contributed by atoms with van der Waals surface area (Å²) in [5.74, 6) is -2.12. The number of hydrogen-bond acceptors (Lipinski definition) is 7. The molecule has 32 heavy (non-hydrogen) atoms. The van der Waals surface area contributed by atoms with Crippen molar-refractivity contribution in [1.82, 2.24) is 9.80 Å². The van der Waals surface area contributed by atoms with Crippen LogP contribution in [0.3, 0.4) is 0 Å². The van der Waals surface area contributed by atoms with Crippen molar-refractivity contribution in [3.05, 3.63) is 70.9 Å². The van der Waals surface area contributed by atoms with Gasteiger partial charge in [0.1, 0.15) is 0 Å². The Balaban J connectivity index is 1.66. The first kappa shape index (κ1) is 21.8. The minimum Gasteiger partial charge on any atom is -0.503 e. The number of nitrogens with zero attached hydrogens (tertiary/aromatic N) is 2. The van der Waals surface area contributed by atoms with Gasteiger partial charge in [0.15, 0.2) is 11.5 Å². The molecule has 2 aliphatic heterocycles. The molecule has 0 bridgehead atoms. The fourth-order valence-electron chi connectivity index (χ4n) is 4.35. The predicted octanol–water partition coefficient (Wildman–Crippen LogP) is 3.13. The van der Waals surface area contributed by atoms with Crippen molar-refractivity contribution in [2.45, 2.75) is 25.3 Å². The number of aliphatic hydroxyl groups is 1. The molecule has 1 aromatic heterocycles. The number of carbonyl (C=O) groups is 3. The summed E-state index contributed by atoms with van der Waals surface area (Å²) in [4.78, 5) is 41.8. The van der Waals surface area contributed by atoms with Crippen molar-refractivity contribution < 1.29 is 28.6 Å². The van der Waals surface area contributed by atoms with Crippen molar-refractivity contribution >= 4 is 17.7 Å². The third kappa shape index (κ3) is 4.18. The first-order valence-electron chi connectivity index (χ1n) is 10.7. The number of esters is 1. The number of methoxy groups -OCH3 is 1. The van der Waals surface area contributed by atoms with Gasteiger partial charge in [0.05, 0.1) is 30.6 Å². The molecule has 1 amide bonds. The zero-order valence-corrected chi connectivity index (χ0v) is 18.0. The van der Waals surface area contributed by atoms with Crippen molar-refractivity contribution in [2.24, 2.45) is 0 Å². The summed E-state index contributed by atoms with van der Waals surface area (Å²) in [5, 5.41) is 10.7. The number of amides is 1. The number of rotatable bonds is 7. The lowest BCUT2D eigenvalue weighted by Gasteiger charge is -2.31. The maximum atomic E-state index is 13.1. The largest absolute Gasteiger partial charge is 0.503 e. The minimum atomic E-state index is -0.781. The standard InChI is InChI=1S/C24H26N2O6/c1-31-24(30)17-9-7-16(8-10-17)20-19(21(27)18-6-5-15-32-18)22(28)23(29)26(20)14-13-25-11-3-2-4-12-25/h5-10,15,20,28H,2-4,11-14H2,1H3. The van der Waals surface area contributed by atoms with E-state index in [2.05, 4.69) is 4.90 Å². The van der Waals surface area contributed by atoms with Crippen LogP contribution in [0.4, 0.5) is 0 Å². The molecule has 1 atom stereocenters. The lowest BCUT2D eigenvalue weighted by Crippen LogP contribution is -2.40. The molecule has 3 heterocycles. The molecule has 8 nitrogen and oxygen atoms in total. The summed E-state index contributed by atoms with van der Waals surface area (Å²) in [6.45, 7) is 2.95. The van der Waals surface area contributed by atoms with E-state index < -0.39 is 29.5 Å². The van der Waals surface area contributed by atoms with Gasteiger partial charge in [-0.25, -0.2) is 4.79 Å². The average molecular weight is 438 g/mol. The van der Waals surface area contributed by atoms with Crippen LogP contribution in [-0.4, -0.2) is 65.9 Å². The zero-order valence-electron chi connectivity index (χ0n) is 18.0. The van der Waals surface area contributed by atoms with Crippen molar-refractivity contribution in [1.29, 1.82) is 0 Å². The van der Waals surface area contributed by atoms with Crippen LogP contribution < -0.4 is 0 Å². The molecule has 8 heteroatoms. The Morgan fingerprint density at radius 1 is 1.09 bits per heavy atom. The fraction of sp³-hybridized carbons (Fsp3) is 0.375. The summed E-state index contributed by atoms with van der Waals surface area (Å²) in [7, 11) is 1.30. The normalized spacial score (nSPS) is 19.5. The summed E-state index contributed by atoms with van der Waals surface area (Å²) in [5.41, 5.74) is 0.950. The van der Waals surface area contributed by atoms with Crippen LogP contribution >= 0.6 is 0 Å². The third-order valence-electron chi connectivity index (χ3n) is 6.05. The van der Waals surface area contributed by atoms with Gasteiger partial charge in [-0.15, -0.1) is 0 Å². The SMILES string of the molecule is COC(=O)c1ccc(C2C(C(=O)c3ccco3)=C(O)C(=O)N2CCN2CCCCC2)cc1. The van der Waals surface area contributed by atoms with Gasteiger partial charge in [-0.05, 0) is 55.8 Å². The van der Waals surface area contributed by atoms with Crippen LogP contribution in [0, 0.1) is 0 Å². The lowest BCUT2D eigenvalue weighted by molar-refractivity contribution is -0.129. The number of furan rings is 1. The highest BCUT2D eigenvalue weighted by molar-refractivity contribution is 6.15. The topological polar surface area (TPSA) is 100 Å². The Hall–Kier alpha value is -3.39. The van der Waals surface area contributed by atoms with E-state index in [1.807, 2.05) is 0 Å². The molecule has 4 rings (SSSR count). The number of piperidine rings is 1. The molecule has 0 spiro atoms. The van der Waals surface area contributed by atoms with E-state index in [0.29, 0.717) is 24.2 Å². The van der Waals surface area contributed by atoms with Crippen LogP contribution in [0.1, 0.15) is 51.8 Å². The maximum absolute atomic E-state index is 13.1. The molecule has 1 N–H and O–H groups in total. The molecule has 0 aliphatic carbocycles. The van der Waals surface area contributed by atoms with Gasteiger partial charge >= 0.3 is 5.97 Å². The number of carbonyl (C=O) groups excluding carboxylic acids is 3. The van der Waals surface area contributed by atoms with Crippen molar-refractivity contribution in [3.63, 3.8) is 0 Å². The van der Waals surface area contributed by atoms with Gasteiger partial charge in [-0.1, -0.05) is 18.6 Å². The van der Waals surface area contributed by atoms with Crippen LogP contribution in [0.2, 0.25) is 0 Å². The Morgan fingerprint density at radius 3 is 2.44 bits per heavy atom. The highest BCUT2D eigenvalue weighted by Crippen LogP contribution is 2.39. The van der Waals surface area contributed by atoms with Crippen LogP contribution in [-0.2, 0) is 9.53 Å². The number of ketones is 1. The van der Waals surface area contributed by atoms with E-state index >= 15 is 0 Å². The van der Waals surface area contributed by atoms with E-state index in [0.717, 1.165) is 25.9 Å². The average Bonchev–Trinajstić information content (AvgIpc) is 3.45. The molecular weight excluding hydrogens is 412 g/mol. The number of hydrogen-bond donors (Lipinski definition) is 1. The number of Topliss-reactive ketones (excluding diaryl/α,β-unsaturated/α-hetero) is 1. The highest BCUT2D eigenvalue weighted by atomic mass is 16.5. The summed E-state index contributed by atoms with van der Waals surface area (Å²) < 4.78 is 9.98.